The van der Waals surface area contributed by atoms with Gasteiger partial charge < -0.3 is 14.4 Å². The highest BCUT2D eigenvalue weighted by Gasteiger charge is 2.30. The smallest absolute Gasteiger partial charge is 0.433 e. The van der Waals surface area contributed by atoms with Crippen molar-refractivity contribution in [3.8, 4) is 0 Å². The molecule has 0 radical (unpaired) electrons. The summed E-state index contributed by atoms with van der Waals surface area (Å²) in [6.45, 7) is 7.23. The van der Waals surface area contributed by atoms with Crippen LogP contribution in [0.5, 0.6) is 0 Å². The van der Waals surface area contributed by atoms with Gasteiger partial charge in [-0.2, -0.15) is 4.99 Å². The number of carbonyl (C=O) groups excluding carboxylic acids is 1. The molecule has 162 valence electrons. The van der Waals surface area contributed by atoms with E-state index in [1.807, 2.05) is 4.57 Å². The van der Waals surface area contributed by atoms with Crippen LogP contribution in [-0.4, -0.2) is 32.6 Å². The highest BCUT2D eigenvalue weighted by atomic mass is 19.2. The Kier molecular flexibility index (Phi) is 6.36. The van der Waals surface area contributed by atoms with Crippen molar-refractivity contribution in [1.82, 2.24) is 9.55 Å². The number of benzene rings is 1. The highest BCUT2D eigenvalue weighted by Crippen LogP contribution is 2.36. The molecule has 0 bridgehead atoms. The van der Waals surface area contributed by atoms with Gasteiger partial charge in [0.1, 0.15) is 11.4 Å². The van der Waals surface area contributed by atoms with Crippen molar-refractivity contribution in [2.45, 2.75) is 70.6 Å². The third-order valence-corrected chi connectivity index (χ3v) is 5.08. The van der Waals surface area contributed by atoms with Gasteiger partial charge in [0.2, 0.25) is 0 Å². The number of aliphatic hydroxyl groups is 1. The molecule has 1 aliphatic rings. The Morgan fingerprint density at radius 2 is 2.10 bits per heavy atom. The standard InChI is InChI=1S/C22H27F2N3O3/c1-13(28)18-11-25-20-14(10-26-21(29)30-22(2,3)4)8-9-15(12-27(18)20)16-6-5-7-17(23)19(16)24/h5-7,10-11,13-15,28H,8-9,12H2,1-4H3/t13?,14?,15-/m1/s1. The van der Waals surface area contributed by atoms with Crippen molar-refractivity contribution in [2.75, 3.05) is 0 Å². The first kappa shape index (κ1) is 22.1. The zero-order chi connectivity index (χ0) is 22.1. The van der Waals surface area contributed by atoms with Gasteiger partial charge in [-0.05, 0) is 52.2 Å². The largest absolute Gasteiger partial charge is 0.442 e. The number of halogens is 2. The summed E-state index contributed by atoms with van der Waals surface area (Å²) in [5.74, 6) is -1.76. The van der Waals surface area contributed by atoms with Crippen LogP contribution in [0.2, 0.25) is 0 Å². The van der Waals surface area contributed by atoms with E-state index in [1.54, 1.807) is 40.0 Å². The average molecular weight is 419 g/mol. The van der Waals surface area contributed by atoms with Crippen LogP contribution in [0.25, 0.3) is 0 Å². The number of nitrogens with zero attached hydrogens (tertiary/aromatic N) is 3. The minimum atomic E-state index is -0.888. The lowest BCUT2D eigenvalue weighted by Gasteiger charge is -2.19. The molecule has 6 nitrogen and oxygen atoms in total. The molecule has 0 saturated carbocycles. The van der Waals surface area contributed by atoms with Crippen LogP contribution in [0.3, 0.4) is 0 Å². The van der Waals surface area contributed by atoms with E-state index in [1.165, 1.54) is 12.3 Å². The second-order valence-corrected chi connectivity index (χ2v) is 8.61. The van der Waals surface area contributed by atoms with E-state index in [-0.39, 0.29) is 17.4 Å². The summed E-state index contributed by atoms with van der Waals surface area (Å²) in [7, 11) is 0. The zero-order valence-corrected chi connectivity index (χ0v) is 17.6. The molecule has 1 amide bonds. The molecule has 0 saturated heterocycles. The molecular formula is C22H27F2N3O3. The van der Waals surface area contributed by atoms with Crippen LogP contribution in [0.15, 0.2) is 29.4 Å². The van der Waals surface area contributed by atoms with E-state index >= 15 is 0 Å². The van der Waals surface area contributed by atoms with Crippen LogP contribution < -0.4 is 0 Å². The van der Waals surface area contributed by atoms with E-state index in [9.17, 15) is 18.7 Å². The number of rotatable bonds is 3. The molecule has 2 unspecified atom stereocenters. The summed E-state index contributed by atoms with van der Waals surface area (Å²) in [6.07, 6.45) is 2.64. The number of hydrogen-bond acceptors (Lipinski definition) is 4. The molecule has 1 aromatic heterocycles. The molecule has 1 aliphatic heterocycles. The number of fused-ring (bicyclic) bond motifs is 1. The topological polar surface area (TPSA) is 76.7 Å². The van der Waals surface area contributed by atoms with Gasteiger partial charge in [0.15, 0.2) is 11.6 Å². The summed E-state index contributed by atoms with van der Waals surface area (Å²) >= 11 is 0. The SMILES string of the molecule is CC(O)c1cnc2n1C[C@H](c1cccc(F)c1F)CCC2C=NC(=O)OC(C)(C)C. The van der Waals surface area contributed by atoms with Gasteiger partial charge in [0.05, 0.1) is 23.9 Å². The zero-order valence-electron chi connectivity index (χ0n) is 17.6. The van der Waals surface area contributed by atoms with E-state index in [0.717, 1.165) is 6.07 Å². The van der Waals surface area contributed by atoms with Crippen molar-refractivity contribution >= 4 is 12.3 Å². The Morgan fingerprint density at radius 3 is 2.77 bits per heavy atom. The molecule has 30 heavy (non-hydrogen) atoms. The third-order valence-electron chi connectivity index (χ3n) is 5.08. The second kappa shape index (κ2) is 8.63. The van der Waals surface area contributed by atoms with Gasteiger partial charge in [-0.1, -0.05) is 12.1 Å². The van der Waals surface area contributed by atoms with Gasteiger partial charge in [0.25, 0.3) is 0 Å². The molecule has 8 heteroatoms. The predicted octanol–water partition coefficient (Wildman–Crippen LogP) is 4.88. The van der Waals surface area contributed by atoms with Crippen molar-refractivity contribution < 1.29 is 23.4 Å². The van der Waals surface area contributed by atoms with Gasteiger partial charge in [-0.15, -0.1) is 0 Å². The molecule has 0 spiro atoms. The van der Waals surface area contributed by atoms with Gasteiger partial charge in [-0.25, -0.2) is 18.6 Å². The minimum absolute atomic E-state index is 0.288. The van der Waals surface area contributed by atoms with Crippen LogP contribution in [0.4, 0.5) is 13.6 Å². The first-order chi connectivity index (χ1) is 14.1. The van der Waals surface area contributed by atoms with E-state index in [0.29, 0.717) is 30.9 Å². The predicted molar refractivity (Wildman–Crippen MR) is 109 cm³/mol. The number of aromatic nitrogens is 2. The Balaban J connectivity index is 1.94. The molecule has 2 heterocycles. The molecule has 1 aromatic carbocycles. The molecule has 0 fully saturated rings. The molecule has 1 N–H and O–H groups in total. The maximum atomic E-state index is 14.5. The van der Waals surface area contributed by atoms with Crippen LogP contribution in [-0.2, 0) is 11.3 Å². The minimum Gasteiger partial charge on any atom is -0.442 e. The quantitative estimate of drug-likeness (QED) is 0.720. The Bertz CT molecular complexity index is 948. The Morgan fingerprint density at radius 1 is 1.37 bits per heavy atom. The van der Waals surface area contributed by atoms with Crippen LogP contribution >= 0.6 is 0 Å². The summed E-state index contributed by atoms with van der Waals surface area (Å²) in [5.41, 5.74) is 0.204. The lowest BCUT2D eigenvalue weighted by Crippen LogP contribution is -2.22. The van der Waals surface area contributed by atoms with E-state index in [2.05, 4.69) is 9.98 Å². The number of aliphatic hydroxyl groups excluding tert-OH is 1. The Labute approximate surface area is 174 Å². The summed E-state index contributed by atoms with van der Waals surface area (Å²) < 4.78 is 35.3. The van der Waals surface area contributed by atoms with Crippen molar-refractivity contribution in [2.24, 2.45) is 4.99 Å². The maximum absolute atomic E-state index is 14.5. The average Bonchev–Trinajstić information content (AvgIpc) is 2.97. The molecule has 3 atom stereocenters. The number of hydrogen-bond donors (Lipinski definition) is 1. The van der Waals surface area contributed by atoms with E-state index in [4.69, 9.17) is 4.74 Å². The fourth-order valence-corrected chi connectivity index (χ4v) is 3.72. The fourth-order valence-electron chi connectivity index (χ4n) is 3.72. The summed E-state index contributed by atoms with van der Waals surface area (Å²) in [5, 5.41) is 10.1. The van der Waals surface area contributed by atoms with E-state index < -0.39 is 29.4 Å². The number of imidazole rings is 1. The highest BCUT2D eigenvalue weighted by molar-refractivity contribution is 5.82. The van der Waals surface area contributed by atoms with Gasteiger partial charge in [-0.3, -0.25) is 0 Å². The number of amides is 1. The van der Waals surface area contributed by atoms with Crippen LogP contribution in [0, 0.1) is 11.6 Å². The Hall–Kier alpha value is -2.61. The number of ether oxygens (including phenoxy) is 1. The van der Waals surface area contributed by atoms with Gasteiger partial charge in [0, 0.05) is 18.7 Å². The third kappa shape index (κ3) is 4.92. The lowest BCUT2D eigenvalue weighted by atomic mass is 9.91. The second-order valence-electron chi connectivity index (χ2n) is 8.61. The fraction of sp³-hybridized carbons (Fsp3) is 0.500. The molecule has 3 rings (SSSR count). The van der Waals surface area contributed by atoms with Crippen LogP contribution in [0.1, 0.15) is 75.6 Å². The van der Waals surface area contributed by atoms with Gasteiger partial charge >= 0.3 is 6.09 Å². The maximum Gasteiger partial charge on any atom is 0.433 e. The summed E-state index contributed by atoms with van der Waals surface area (Å²) in [4.78, 5) is 20.4. The summed E-state index contributed by atoms with van der Waals surface area (Å²) in [6, 6.07) is 4.16. The first-order valence-corrected chi connectivity index (χ1v) is 10.0. The monoisotopic (exact) mass is 419 g/mol. The normalized spacial score (nSPS) is 20.6. The first-order valence-electron chi connectivity index (χ1n) is 10.0. The van der Waals surface area contributed by atoms with Crippen molar-refractivity contribution in [1.29, 1.82) is 0 Å². The molecular weight excluding hydrogens is 392 g/mol. The molecule has 0 aliphatic carbocycles. The number of aliphatic imine (C=N–C) groups is 1. The lowest BCUT2D eigenvalue weighted by molar-refractivity contribution is 0.0604. The van der Waals surface area contributed by atoms with Crippen molar-refractivity contribution in [3.63, 3.8) is 0 Å². The number of carbonyl (C=O) groups is 1. The van der Waals surface area contributed by atoms with Crippen molar-refractivity contribution in [3.05, 3.63) is 53.1 Å². The molecule has 2 aromatic rings.